The van der Waals surface area contributed by atoms with E-state index in [1.54, 1.807) is 0 Å². The number of aliphatic hydroxyl groups is 1. The molecule has 0 aromatic heterocycles. The highest BCUT2D eigenvalue weighted by Crippen LogP contribution is 2.25. The predicted octanol–water partition coefficient (Wildman–Crippen LogP) is 2.70. The van der Waals surface area contributed by atoms with Crippen LogP contribution in [0.5, 0.6) is 0 Å². The Balaban J connectivity index is 2.05. The number of anilines is 1. The van der Waals surface area contributed by atoms with Gasteiger partial charge in [0.05, 0.1) is 6.10 Å². The Morgan fingerprint density at radius 3 is 2.75 bits per heavy atom. The lowest BCUT2D eigenvalue weighted by Gasteiger charge is -2.36. The van der Waals surface area contributed by atoms with Crippen molar-refractivity contribution < 1.29 is 5.11 Å². The minimum atomic E-state index is -0.202. The number of hydrogen-bond acceptors (Lipinski definition) is 3. The van der Waals surface area contributed by atoms with Crippen LogP contribution in [0.25, 0.3) is 0 Å². The fourth-order valence-corrected chi connectivity index (χ4v) is 2.67. The van der Waals surface area contributed by atoms with Crippen LogP contribution in [0.15, 0.2) is 18.2 Å². The van der Waals surface area contributed by atoms with Gasteiger partial charge in [-0.05, 0) is 42.5 Å². The van der Waals surface area contributed by atoms with Gasteiger partial charge in [0, 0.05) is 31.4 Å². The van der Waals surface area contributed by atoms with Gasteiger partial charge in [-0.1, -0.05) is 26.8 Å². The molecule has 1 aliphatic heterocycles. The van der Waals surface area contributed by atoms with Crippen molar-refractivity contribution in [2.45, 2.75) is 52.8 Å². The van der Waals surface area contributed by atoms with E-state index >= 15 is 0 Å². The van der Waals surface area contributed by atoms with Gasteiger partial charge in [-0.3, -0.25) is 0 Å². The maximum absolute atomic E-state index is 10.0. The second kappa shape index (κ2) is 6.59. The Hall–Kier alpha value is -1.06. The van der Waals surface area contributed by atoms with Gasteiger partial charge in [0.15, 0.2) is 0 Å². The summed E-state index contributed by atoms with van der Waals surface area (Å²) < 4.78 is 0. The van der Waals surface area contributed by atoms with Crippen LogP contribution in [0.4, 0.5) is 5.69 Å². The summed E-state index contributed by atoms with van der Waals surface area (Å²) in [6.45, 7) is 11.4. The topological polar surface area (TPSA) is 35.5 Å². The van der Waals surface area contributed by atoms with Crippen LogP contribution in [0.2, 0.25) is 0 Å². The molecule has 3 heteroatoms. The minimum absolute atomic E-state index is 0.202. The van der Waals surface area contributed by atoms with Crippen LogP contribution in [0.3, 0.4) is 0 Å². The maximum Gasteiger partial charge on any atom is 0.0741 e. The third kappa shape index (κ3) is 3.74. The SMILES string of the molecule is Cc1cc(N2CCC(C)C(O)C2)ccc1CNC(C)C. The van der Waals surface area contributed by atoms with Crippen LogP contribution < -0.4 is 10.2 Å². The fourth-order valence-electron chi connectivity index (χ4n) is 2.67. The van der Waals surface area contributed by atoms with Crippen LogP contribution >= 0.6 is 0 Å². The number of aliphatic hydroxyl groups excluding tert-OH is 1. The number of benzene rings is 1. The summed E-state index contributed by atoms with van der Waals surface area (Å²) in [6.07, 6.45) is 0.864. The number of hydrogen-bond donors (Lipinski definition) is 2. The number of nitrogens with zero attached hydrogens (tertiary/aromatic N) is 1. The van der Waals surface area contributed by atoms with Gasteiger partial charge in [-0.25, -0.2) is 0 Å². The zero-order chi connectivity index (χ0) is 14.7. The number of aryl methyl sites for hydroxylation is 1. The van der Waals surface area contributed by atoms with Crippen LogP contribution in [-0.2, 0) is 6.54 Å². The highest BCUT2D eigenvalue weighted by Gasteiger charge is 2.24. The predicted molar refractivity (Wildman–Crippen MR) is 85.2 cm³/mol. The van der Waals surface area contributed by atoms with Crippen LogP contribution in [-0.4, -0.2) is 30.3 Å². The van der Waals surface area contributed by atoms with Crippen molar-refractivity contribution in [3.05, 3.63) is 29.3 Å². The standard InChI is InChI=1S/C17H28N2O/c1-12(2)18-10-15-5-6-16(9-14(15)4)19-8-7-13(3)17(20)11-19/h5-6,9,12-13,17-18,20H,7-8,10-11H2,1-4H3. The first-order chi connectivity index (χ1) is 9.47. The van der Waals surface area contributed by atoms with E-state index < -0.39 is 0 Å². The van der Waals surface area contributed by atoms with Gasteiger partial charge in [0.1, 0.15) is 0 Å². The number of piperidine rings is 1. The van der Waals surface area contributed by atoms with E-state index in [-0.39, 0.29) is 6.10 Å². The molecule has 2 N–H and O–H groups in total. The van der Waals surface area contributed by atoms with E-state index in [4.69, 9.17) is 0 Å². The van der Waals surface area contributed by atoms with Crippen molar-refractivity contribution in [2.75, 3.05) is 18.0 Å². The van der Waals surface area contributed by atoms with Crippen LogP contribution in [0.1, 0.15) is 38.3 Å². The molecule has 1 aromatic carbocycles. The second-order valence-electron chi connectivity index (χ2n) is 6.43. The van der Waals surface area contributed by atoms with Crippen molar-refractivity contribution in [1.82, 2.24) is 5.32 Å². The molecule has 1 fully saturated rings. The molecule has 2 unspecified atom stereocenters. The maximum atomic E-state index is 10.0. The first kappa shape index (κ1) is 15.3. The van der Waals surface area contributed by atoms with Gasteiger partial charge in [0.2, 0.25) is 0 Å². The molecule has 1 aromatic rings. The van der Waals surface area contributed by atoms with Crippen molar-refractivity contribution >= 4 is 5.69 Å². The number of nitrogens with one attached hydrogen (secondary N) is 1. The molecular formula is C17H28N2O. The summed E-state index contributed by atoms with van der Waals surface area (Å²) in [4.78, 5) is 2.30. The zero-order valence-electron chi connectivity index (χ0n) is 13.2. The molecule has 2 rings (SSSR count). The Morgan fingerprint density at radius 1 is 1.40 bits per heavy atom. The molecular weight excluding hydrogens is 248 g/mol. The van der Waals surface area contributed by atoms with E-state index in [1.165, 1.54) is 16.8 Å². The summed E-state index contributed by atoms with van der Waals surface area (Å²) in [6, 6.07) is 7.16. The van der Waals surface area contributed by atoms with E-state index in [1.807, 2.05) is 0 Å². The highest BCUT2D eigenvalue weighted by molar-refractivity contribution is 5.51. The van der Waals surface area contributed by atoms with Crippen molar-refractivity contribution in [3.8, 4) is 0 Å². The average Bonchev–Trinajstić information content (AvgIpc) is 2.40. The Labute approximate surface area is 123 Å². The van der Waals surface area contributed by atoms with Gasteiger partial charge < -0.3 is 15.3 Å². The molecule has 20 heavy (non-hydrogen) atoms. The molecule has 112 valence electrons. The summed E-state index contributed by atoms with van der Waals surface area (Å²) in [5.41, 5.74) is 3.92. The van der Waals surface area contributed by atoms with Gasteiger partial charge in [-0.15, -0.1) is 0 Å². The molecule has 0 saturated carbocycles. The molecule has 2 atom stereocenters. The smallest absolute Gasteiger partial charge is 0.0741 e. The average molecular weight is 276 g/mol. The third-order valence-electron chi connectivity index (χ3n) is 4.31. The molecule has 0 spiro atoms. The summed E-state index contributed by atoms with van der Waals surface area (Å²) in [5.74, 6) is 0.418. The Morgan fingerprint density at radius 2 is 2.15 bits per heavy atom. The minimum Gasteiger partial charge on any atom is -0.391 e. The fraction of sp³-hybridized carbons (Fsp3) is 0.647. The molecule has 1 saturated heterocycles. The lowest BCUT2D eigenvalue weighted by molar-refractivity contribution is 0.103. The first-order valence-corrected chi connectivity index (χ1v) is 7.73. The largest absolute Gasteiger partial charge is 0.391 e. The molecule has 3 nitrogen and oxygen atoms in total. The van der Waals surface area contributed by atoms with E-state index in [9.17, 15) is 5.11 Å². The van der Waals surface area contributed by atoms with Gasteiger partial charge >= 0.3 is 0 Å². The van der Waals surface area contributed by atoms with Gasteiger partial charge in [-0.2, -0.15) is 0 Å². The summed E-state index contributed by atoms with van der Waals surface area (Å²) in [5, 5.41) is 13.5. The lowest BCUT2D eigenvalue weighted by atomic mass is 9.95. The summed E-state index contributed by atoms with van der Waals surface area (Å²) in [7, 11) is 0. The number of β-amino-alcohol motifs (C(OH)–C–C–N with tert-alkyl or cyclic N) is 1. The molecule has 1 aliphatic rings. The van der Waals surface area contributed by atoms with E-state index in [2.05, 4.69) is 56.1 Å². The third-order valence-corrected chi connectivity index (χ3v) is 4.31. The zero-order valence-corrected chi connectivity index (χ0v) is 13.2. The quantitative estimate of drug-likeness (QED) is 0.887. The molecule has 0 aliphatic carbocycles. The molecule has 0 bridgehead atoms. The highest BCUT2D eigenvalue weighted by atomic mass is 16.3. The Kier molecular flexibility index (Phi) is 5.06. The number of rotatable bonds is 4. The van der Waals surface area contributed by atoms with Crippen molar-refractivity contribution in [1.29, 1.82) is 0 Å². The summed E-state index contributed by atoms with van der Waals surface area (Å²) >= 11 is 0. The Bertz CT molecular complexity index is 445. The molecule has 0 radical (unpaired) electrons. The first-order valence-electron chi connectivity index (χ1n) is 7.73. The molecule has 1 heterocycles. The van der Waals surface area contributed by atoms with Crippen LogP contribution in [0, 0.1) is 12.8 Å². The van der Waals surface area contributed by atoms with E-state index in [0.29, 0.717) is 12.0 Å². The van der Waals surface area contributed by atoms with Crippen molar-refractivity contribution in [3.63, 3.8) is 0 Å². The lowest BCUT2D eigenvalue weighted by Crippen LogP contribution is -2.42. The van der Waals surface area contributed by atoms with Gasteiger partial charge in [0.25, 0.3) is 0 Å². The monoisotopic (exact) mass is 276 g/mol. The van der Waals surface area contributed by atoms with E-state index in [0.717, 1.165) is 26.1 Å². The van der Waals surface area contributed by atoms with Crippen molar-refractivity contribution in [2.24, 2.45) is 5.92 Å². The normalized spacial score (nSPS) is 23.4. The molecule has 0 amide bonds. The second-order valence-corrected chi connectivity index (χ2v) is 6.43.